The maximum absolute atomic E-state index is 13.3. The number of nitrogens with zero attached hydrogens (tertiary/aromatic N) is 4. The Bertz CT molecular complexity index is 2290. The van der Waals surface area contributed by atoms with Gasteiger partial charge in [0.25, 0.3) is 5.56 Å². The summed E-state index contributed by atoms with van der Waals surface area (Å²) in [5, 5.41) is 16.4. The Morgan fingerprint density at radius 2 is 1.73 bits per heavy atom. The Morgan fingerprint density at radius 1 is 1.04 bits per heavy atom. The first-order valence-corrected chi connectivity index (χ1v) is 18.8. The number of hydrogen-bond acceptors (Lipinski definition) is 9. The number of aromatic nitrogens is 3. The van der Waals surface area contributed by atoms with Crippen LogP contribution in [0.15, 0.2) is 77.9 Å². The van der Waals surface area contributed by atoms with Gasteiger partial charge in [-0.2, -0.15) is 0 Å². The Morgan fingerprint density at radius 3 is 2.38 bits per heavy atom. The van der Waals surface area contributed by atoms with Gasteiger partial charge in [-0.15, -0.1) is 0 Å². The predicted molar refractivity (Wildman–Crippen MR) is 213 cm³/mol. The zero-order valence-corrected chi connectivity index (χ0v) is 32.9. The number of benzene rings is 2. The summed E-state index contributed by atoms with van der Waals surface area (Å²) in [4.78, 5) is 49.2. The number of ether oxygens (including phenoxy) is 2. The van der Waals surface area contributed by atoms with Crippen LogP contribution in [0.5, 0.6) is 5.88 Å². The number of carbonyl (C=O) groups is 2. The molecule has 55 heavy (non-hydrogen) atoms. The number of aliphatic hydroxyl groups excluding tert-OH is 1. The van der Waals surface area contributed by atoms with Gasteiger partial charge >= 0.3 is 6.09 Å². The van der Waals surface area contributed by atoms with Crippen molar-refractivity contribution < 1.29 is 24.2 Å². The highest BCUT2D eigenvalue weighted by Crippen LogP contribution is 2.42. The third-order valence-electron chi connectivity index (χ3n) is 9.08. The largest absolute Gasteiger partial charge is 0.481 e. The van der Waals surface area contributed by atoms with Gasteiger partial charge < -0.3 is 30.1 Å². The molecule has 288 valence electrons. The molecule has 2 atom stereocenters. The van der Waals surface area contributed by atoms with Crippen LogP contribution in [-0.2, 0) is 22.6 Å². The van der Waals surface area contributed by atoms with Crippen molar-refractivity contribution in [3.63, 3.8) is 0 Å². The van der Waals surface area contributed by atoms with Crippen LogP contribution < -0.4 is 20.9 Å². The first-order chi connectivity index (χ1) is 26.2. The maximum atomic E-state index is 13.3. The van der Waals surface area contributed by atoms with Gasteiger partial charge in [-0.1, -0.05) is 59.6 Å². The Hall–Kier alpha value is -5.01. The van der Waals surface area contributed by atoms with Gasteiger partial charge in [0.15, 0.2) is 0 Å². The van der Waals surface area contributed by atoms with Gasteiger partial charge in [-0.05, 0) is 63.9 Å². The molecule has 2 amide bonds. The van der Waals surface area contributed by atoms with Crippen LogP contribution in [0.1, 0.15) is 51.7 Å². The maximum Gasteiger partial charge on any atom is 0.410 e. The highest BCUT2D eigenvalue weighted by molar-refractivity contribution is 6.39. The van der Waals surface area contributed by atoms with E-state index in [1.165, 1.54) is 11.5 Å². The molecule has 1 unspecified atom stereocenters. The summed E-state index contributed by atoms with van der Waals surface area (Å²) < 4.78 is 12.9. The van der Waals surface area contributed by atoms with E-state index in [1.54, 1.807) is 45.0 Å². The molecule has 3 aromatic heterocycles. The number of halogens is 2. The highest BCUT2D eigenvalue weighted by Gasteiger charge is 2.29. The Kier molecular flexibility index (Phi) is 12.1. The molecule has 0 saturated carbocycles. The molecule has 0 spiro atoms. The first kappa shape index (κ1) is 39.7. The molecular formula is C41H44Cl2N6O6. The van der Waals surface area contributed by atoms with Crippen LogP contribution in [0, 0.1) is 0 Å². The van der Waals surface area contributed by atoms with Crippen molar-refractivity contribution in [2.45, 2.75) is 71.4 Å². The summed E-state index contributed by atoms with van der Waals surface area (Å²) in [6.45, 7) is 8.16. The topological polar surface area (TPSA) is 147 Å². The van der Waals surface area contributed by atoms with E-state index >= 15 is 0 Å². The van der Waals surface area contributed by atoms with Gasteiger partial charge in [0, 0.05) is 77.9 Å². The number of nitrogens with one attached hydrogen (secondary N) is 2. The minimum Gasteiger partial charge on any atom is -0.481 e. The van der Waals surface area contributed by atoms with Gasteiger partial charge in [0.2, 0.25) is 11.8 Å². The second-order valence-corrected chi connectivity index (χ2v) is 15.3. The molecule has 0 bridgehead atoms. The number of aliphatic hydroxyl groups is 1. The smallest absolute Gasteiger partial charge is 0.410 e. The summed E-state index contributed by atoms with van der Waals surface area (Å²) >= 11 is 14.2. The van der Waals surface area contributed by atoms with E-state index in [0.29, 0.717) is 74.5 Å². The zero-order valence-electron chi connectivity index (χ0n) is 31.4. The third-order valence-corrected chi connectivity index (χ3v) is 9.90. The van der Waals surface area contributed by atoms with E-state index in [0.717, 1.165) is 11.1 Å². The molecule has 4 heterocycles. The number of hydrogen-bond donors (Lipinski definition) is 3. The van der Waals surface area contributed by atoms with Crippen molar-refractivity contribution in [3.05, 3.63) is 105 Å². The van der Waals surface area contributed by atoms with Crippen LogP contribution in [0.2, 0.25) is 10.0 Å². The lowest BCUT2D eigenvalue weighted by Gasteiger charge is -2.29. The number of amides is 2. The summed E-state index contributed by atoms with van der Waals surface area (Å²) in [6.07, 6.45) is 3.23. The Labute approximate surface area is 329 Å². The molecule has 0 radical (unpaired) electrons. The fourth-order valence-corrected chi connectivity index (χ4v) is 7.11. The molecule has 1 aliphatic heterocycles. The van der Waals surface area contributed by atoms with E-state index in [2.05, 4.69) is 15.6 Å². The van der Waals surface area contributed by atoms with E-state index in [1.807, 2.05) is 60.7 Å². The molecular weight excluding hydrogens is 743 g/mol. The molecule has 3 N–H and O–H groups in total. The van der Waals surface area contributed by atoms with Crippen molar-refractivity contribution >= 4 is 40.8 Å². The number of carbonyl (C=O) groups excluding carboxylic acids is 2. The van der Waals surface area contributed by atoms with Crippen LogP contribution in [0.4, 0.5) is 4.79 Å². The minimum absolute atomic E-state index is 0.0395. The fourth-order valence-electron chi connectivity index (χ4n) is 6.45. The predicted octanol–water partition coefficient (Wildman–Crippen LogP) is 6.89. The average molecular weight is 788 g/mol. The van der Waals surface area contributed by atoms with Gasteiger partial charge in [-0.3, -0.25) is 14.0 Å². The fraction of sp³-hybridized carbons (Fsp3) is 0.341. The lowest BCUT2D eigenvalue weighted by atomic mass is 9.97. The standard InChI is InChI=1S/C41H44Cl2N6O6/c1-24(50)19-44-20-27-21-45-34-18-25(16-17-49(34)39(27)52)29-8-6-9-30(36(29)42)31-10-7-11-32(37(31)43)33-14-12-26(38(47-33)54-5)22-48(40(53)55-41(2,3)4)23-28-13-15-35(51)46-28/h6-12,14,16-18,21,24,28,44,50H,13,15,19-20,22-23H2,1-5H3,(H,46,51)/t24?,28-/m0/s1. The molecule has 14 heteroatoms. The summed E-state index contributed by atoms with van der Waals surface area (Å²) in [5.74, 6) is 0.275. The zero-order chi connectivity index (χ0) is 39.4. The van der Waals surface area contributed by atoms with Crippen LogP contribution in [0.25, 0.3) is 39.2 Å². The number of rotatable bonds is 12. The van der Waals surface area contributed by atoms with Gasteiger partial charge in [0.05, 0.1) is 35.5 Å². The molecule has 0 aliphatic carbocycles. The third kappa shape index (κ3) is 9.28. The molecule has 1 aliphatic rings. The quantitative estimate of drug-likeness (QED) is 0.123. The number of fused-ring (bicyclic) bond motifs is 1. The summed E-state index contributed by atoms with van der Waals surface area (Å²) in [6, 6.07) is 18.4. The monoisotopic (exact) mass is 786 g/mol. The molecule has 6 rings (SSSR count). The van der Waals surface area contributed by atoms with Crippen molar-refractivity contribution in [2.75, 3.05) is 20.2 Å². The van der Waals surface area contributed by atoms with E-state index in [9.17, 15) is 19.5 Å². The molecule has 1 saturated heterocycles. The lowest BCUT2D eigenvalue weighted by Crippen LogP contribution is -2.43. The van der Waals surface area contributed by atoms with E-state index in [4.69, 9.17) is 37.7 Å². The van der Waals surface area contributed by atoms with Crippen LogP contribution in [-0.4, -0.2) is 74.3 Å². The van der Waals surface area contributed by atoms with Gasteiger partial charge in [-0.25, -0.2) is 14.8 Å². The summed E-state index contributed by atoms with van der Waals surface area (Å²) in [5.41, 5.74) is 4.79. The number of pyridine rings is 2. The normalized spacial score (nSPS) is 14.8. The lowest BCUT2D eigenvalue weighted by molar-refractivity contribution is -0.119. The van der Waals surface area contributed by atoms with Crippen molar-refractivity contribution in [1.82, 2.24) is 29.9 Å². The van der Waals surface area contributed by atoms with Gasteiger partial charge in [0.1, 0.15) is 11.2 Å². The molecule has 5 aromatic rings. The summed E-state index contributed by atoms with van der Waals surface area (Å²) in [7, 11) is 1.52. The molecule has 12 nitrogen and oxygen atoms in total. The Balaban J connectivity index is 1.28. The second-order valence-electron chi connectivity index (χ2n) is 14.6. The highest BCUT2D eigenvalue weighted by atomic mass is 35.5. The van der Waals surface area contributed by atoms with E-state index in [-0.39, 0.29) is 37.1 Å². The second kappa shape index (κ2) is 16.8. The average Bonchev–Trinajstić information content (AvgIpc) is 3.56. The van der Waals surface area contributed by atoms with Crippen LogP contribution >= 0.6 is 23.2 Å². The van der Waals surface area contributed by atoms with Crippen molar-refractivity contribution in [1.29, 1.82) is 0 Å². The van der Waals surface area contributed by atoms with Crippen LogP contribution in [0.3, 0.4) is 0 Å². The molecule has 2 aromatic carbocycles. The number of methoxy groups -OCH3 is 1. The first-order valence-electron chi connectivity index (χ1n) is 18.0. The molecule has 1 fully saturated rings. The minimum atomic E-state index is -0.707. The van der Waals surface area contributed by atoms with E-state index < -0.39 is 17.8 Å². The SMILES string of the molecule is COc1nc(-c2cccc(-c3cccc(-c4ccn5c(=O)c(CNCC(C)O)cnc5c4)c3Cl)c2Cl)ccc1CN(C[C@@H]1CCC(=O)N1)C(=O)OC(C)(C)C. The van der Waals surface area contributed by atoms with Crippen molar-refractivity contribution in [3.8, 4) is 39.4 Å². The van der Waals surface area contributed by atoms with Crippen molar-refractivity contribution in [2.24, 2.45) is 0 Å².